The molecule has 0 saturated heterocycles. The molecule has 0 fully saturated rings. The average Bonchev–Trinajstić information content (AvgIpc) is 2.43. The number of aryl methyl sites for hydroxylation is 1. The minimum Gasteiger partial charge on any atom is -0.455 e. The van der Waals surface area contributed by atoms with Crippen molar-refractivity contribution >= 4 is 11.4 Å². The molecule has 0 aliphatic rings. The maximum atomic E-state index is 5.88. The third kappa shape index (κ3) is 3.41. The zero-order valence-corrected chi connectivity index (χ0v) is 11.2. The number of nitrogens with two attached hydrogens (primary N) is 2. The molecule has 0 spiro atoms. The van der Waals surface area contributed by atoms with Crippen molar-refractivity contribution in [1.29, 1.82) is 0 Å². The minimum absolute atomic E-state index is 0.484. The van der Waals surface area contributed by atoms with Gasteiger partial charge in [-0.15, -0.1) is 0 Å². The number of hydrogen-bond donors (Lipinski definition) is 2. The molecule has 3 heteroatoms. The van der Waals surface area contributed by atoms with Crippen LogP contribution in [0.2, 0.25) is 0 Å². The zero-order chi connectivity index (χ0) is 13.7. The van der Waals surface area contributed by atoms with Crippen molar-refractivity contribution < 1.29 is 4.74 Å². The van der Waals surface area contributed by atoms with Crippen LogP contribution in [0.25, 0.3) is 0 Å². The Bertz CT molecular complexity index is 535. The number of unbranched alkanes of at least 4 members (excludes halogenated alkanes) is 1. The maximum Gasteiger partial charge on any atom is 0.152 e. The van der Waals surface area contributed by atoms with Crippen LogP contribution in [0.15, 0.2) is 42.5 Å². The minimum atomic E-state index is 0.484. The lowest BCUT2D eigenvalue weighted by Gasteiger charge is -2.10. The predicted octanol–water partition coefficient (Wildman–Crippen LogP) is 3.99. The highest BCUT2D eigenvalue weighted by Gasteiger charge is 2.04. The summed E-state index contributed by atoms with van der Waals surface area (Å²) >= 11 is 0. The molecule has 100 valence electrons. The molecule has 0 atom stereocenters. The molecule has 2 aromatic carbocycles. The zero-order valence-electron chi connectivity index (χ0n) is 11.2. The van der Waals surface area contributed by atoms with E-state index in [2.05, 4.69) is 19.1 Å². The van der Waals surface area contributed by atoms with Gasteiger partial charge in [-0.3, -0.25) is 0 Å². The molecule has 3 nitrogen and oxygen atoms in total. The summed E-state index contributed by atoms with van der Waals surface area (Å²) in [5, 5.41) is 0. The summed E-state index contributed by atoms with van der Waals surface area (Å²) in [6.45, 7) is 2.19. The topological polar surface area (TPSA) is 61.3 Å². The second-order valence-corrected chi connectivity index (χ2v) is 4.61. The molecule has 0 bridgehead atoms. The molecule has 0 aliphatic heterocycles. The first-order chi connectivity index (χ1) is 9.20. The molecule has 4 N–H and O–H groups in total. The molecular formula is C16H20N2O. The van der Waals surface area contributed by atoms with E-state index in [-0.39, 0.29) is 0 Å². The molecule has 0 aliphatic carbocycles. The van der Waals surface area contributed by atoms with Crippen LogP contribution in [-0.4, -0.2) is 0 Å². The fourth-order valence-corrected chi connectivity index (χ4v) is 1.88. The summed E-state index contributed by atoms with van der Waals surface area (Å²) in [5.41, 5.74) is 14.0. The van der Waals surface area contributed by atoms with Gasteiger partial charge in [0, 0.05) is 0 Å². The number of para-hydroxylation sites is 1. The van der Waals surface area contributed by atoms with Crippen LogP contribution in [0.1, 0.15) is 25.3 Å². The van der Waals surface area contributed by atoms with Gasteiger partial charge in [0.25, 0.3) is 0 Å². The summed E-state index contributed by atoms with van der Waals surface area (Å²) in [7, 11) is 0. The SMILES string of the molecule is CCCCc1ccc(Oc2cccc(N)c2N)cc1. The fourth-order valence-electron chi connectivity index (χ4n) is 1.88. The van der Waals surface area contributed by atoms with E-state index in [1.807, 2.05) is 24.3 Å². The summed E-state index contributed by atoms with van der Waals surface area (Å²) < 4.78 is 5.74. The fraction of sp³-hybridized carbons (Fsp3) is 0.250. The van der Waals surface area contributed by atoms with Crippen molar-refractivity contribution in [2.24, 2.45) is 0 Å². The number of anilines is 2. The summed E-state index contributed by atoms with van der Waals surface area (Å²) in [4.78, 5) is 0. The highest BCUT2D eigenvalue weighted by atomic mass is 16.5. The van der Waals surface area contributed by atoms with Crippen molar-refractivity contribution in [3.8, 4) is 11.5 Å². The highest BCUT2D eigenvalue weighted by Crippen LogP contribution is 2.31. The molecule has 0 heterocycles. The Balaban J connectivity index is 2.09. The molecule has 0 aromatic heterocycles. The Labute approximate surface area is 114 Å². The van der Waals surface area contributed by atoms with E-state index < -0.39 is 0 Å². The molecule has 2 rings (SSSR count). The molecule has 19 heavy (non-hydrogen) atoms. The van der Waals surface area contributed by atoms with E-state index >= 15 is 0 Å². The molecule has 0 amide bonds. The second kappa shape index (κ2) is 6.14. The Hall–Kier alpha value is -2.16. The molecule has 0 radical (unpaired) electrons. The van der Waals surface area contributed by atoms with Gasteiger partial charge in [0.15, 0.2) is 5.75 Å². The van der Waals surface area contributed by atoms with Crippen LogP contribution < -0.4 is 16.2 Å². The van der Waals surface area contributed by atoms with E-state index in [1.165, 1.54) is 18.4 Å². The predicted molar refractivity (Wildman–Crippen MR) is 80.4 cm³/mol. The van der Waals surface area contributed by atoms with Crippen molar-refractivity contribution in [2.75, 3.05) is 11.5 Å². The summed E-state index contributed by atoms with van der Waals surface area (Å²) in [6.07, 6.45) is 3.53. The van der Waals surface area contributed by atoms with Gasteiger partial charge in [-0.05, 0) is 42.7 Å². The number of hydrogen-bond acceptors (Lipinski definition) is 3. The third-order valence-electron chi connectivity index (χ3n) is 3.07. The first-order valence-corrected chi connectivity index (χ1v) is 6.61. The molecule has 0 saturated carbocycles. The number of nitrogen functional groups attached to an aromatic ring is 2. The lowest BCUT2D eigenvalue weighted by molar-refractivity contribution is 0.485. The molecule has 2 aromatic rings. The summed E-state index contributed by atoms with van der Waals surface area (Å²) in [5.74, 6) is 1.37. The number of rotatable bonds is 5. The van der Waals surface area contributed by atoms with Gasteiger partial charge in [0.05, 0.1) is 11.4 Å². The van der Waals surface area contributed by atoms with Crippen LogP contribution in [0.4, 0.5) is 11.4 Å². The van der Waals surface area contributed by atoms with Gasteiger partial charge in [-0.25, -0.2) is 0 Å². The average molecular weight is 256 g/mol. The van der Waals surface area contributed by atoms with E-state index in [0.717, 1.165) is 12.2 Å². The van der Waals surface area contributed by atoms with Gasteiger partial charge >= 0.3 is 0 Å². The second-order valence-electron chi connectivity index (χ2n) is 4.61. The Morgan fingerprint density at radius 1 is 1.00 bits per heavy atom. The van der Waals surface area contributed by atoms with Crippen molar-refractivity contribution in [3.63, 3.8) is 0 Å². The first-order valence-electron chi connectivity index (χ1n) is 6.61. The smallest absolute Gasteiger partial charge is 0.152 e. The van der Waals surface area contributed by atoms with Gasteiger partial charge in [-0.1, -0.05) is 31.5 Å². The first kappa shape index (κ1) is 13.3. The van der Waals surface area contributed by atoms with E-state index in [0.29, 0.717) is 17.1 Å². The van der Waals surface area contributed by atoms with Gasteiger partial charge in [-0.2, -0.15) is 0 Å². The number of benzene rings is 2. The van der Waals surface area contributed by atoms with E-state index in [4.69, 9.17) is 16.2 Å². The van der Waals surface area contributed by atoms with Gasteiger partial charge in [0.1, 0.15) is 5.75 Å². The van der Waals surface area contributed by atoms with Crippen LogP contribution in [0.5, 0.6) is 11.5 Å². The summed E-state index contributed by atoms with van der Waals surface area (Å²) in [6, 6.07) is 13.5. The van der Waals surface area contributed by atoms with Crippen molar-refractivity contribution in [2.45, 2.75) is 26.2 Å². The largest absolute Gasteiger partial charge is 0.455 e. The molecule has 0 unspecified atom stereocenters. The van der Waals surface area contributed by atoms with Crippen molar-refractivity contribution in [3.05, 3.63) is 48.0 Å². The van der Waals surface area contributed by atoms with Gasteiger partial charge < -0.3 is 16.2 Å². The lowest BCUT2D eigenvalue weighted by Crippen LogP contribution is -1.97. The van der Waals surface area contributed by atoms with Crippen LogP contribution in [0.3, 0.4) is 0 Å². The highest BCUT2D eigenvalue weighted by molar-refractivity contribution is 5.71. The third-order valence-corrected chi connectivity index (χ3v) is 3.07. The number of ether oxygens (including phenoxy) is 1. The van der Waals surface area contributed by atoms with Crippen LogP contribution >= 0.6 is 0 Å². The van der Waals surface area contributed by atoms with Gasteiger partial charge in [0.2, 0.25) is 0 Å². The van der Waals surface area contributed by atoms with Crippen molar-refractivity contribution in [1.82, 2.24) is 0 Å². The monoisotopic (exact) mass is 256 g/mol. The Morgan fingerprint density at radius 3 is 2.42 bits per heavy atom. The van der Waals surface area contributed by atoms with Crippen LogP contribution in [-0.2, 0) is 6.42 Å². The quantitative estimate of drug-likeness (QED) is 0.795. The lowest BCUT2D eigenvalue weighted by atomic mass is 10.1. The van der Waals surface area contributed by atoms with Crippen LogP contribution in [0, 0.1) is 0 Å². The van der Waals surface area contributed by atoms with E-state index in [1.54, 1.807) is 6.07 Å². The Kier molecular flexibility index (Phi) is 4.29. The molecular weight excluding hydrogens is 236 g/mol. The Morgan fingerprint density at radius 2 is 1.74 bits per heavy atom. The van der Waals surface area contributed by atoms with E-state index in [9.17, 15) is 0 Å². The maximum absolute atomic E-state index is 5.88. The normalized spacial score (nSPS) is 10.4. The standard InChI is InChI=1S/C16H20N2O/c1-2-3-5-12-8-10-13(11-9-12)19-15-7-4-6-14(17)16(15)18/h4,6-11H,2-3,5,17-18H2,1H3.